The van der Waals surface area contributed by atoms with E-state index in [1.165, 1.54) is 0 Å². The van der Waals surface area contributed by atoms with Gasteiger partial charge in [0, 0.05) is 29.6 Å². The van der Waals surface area contributed by atoms with E-state index in [1.54, 1.807) is 6.07 Å². The van der Waals surface area contributed by atoms with Crippen LogP contribution in [0.4, 0.5) is 5.69 Å². The van der Waals surface area contributed by atoms with Gasteiger partial charge in [-0.25, -0.2) is 0 Å². The van der Waals surface area contributed by atoms with Crippen molar-refractivity contribution in [1.29, 1.82) is 0 Å². The lowest BCUT2D eigenvalue weighted by Crippen LogP contribution is -2.43. The Hall–Kier alpha value is -2.00. The molecule has 1 aromatic rings. The smallest absolute Gasteiger partial charge is 0.223 e. The van der Waals surface area contributed by atoms with Crippen LogP contribution in [0.5, 0.6) is 0 Å². The van der Waals surface area contributed by atoms with Crippen molar-refractivity contribution in [2.75, 3.05) is 6.54 Å². The fourth-order valence-electron chi connectivity index (χ4n) is 2.71. The number of nitrogens with zero attached hydrogens (tertiary/aromatic N) is 4. The number of amides is 1. The third kappa shape index (κ3) is 3.11. The predicted molar refractivity (Wildman–Crippen MR) is 78.7 cm³/mol. The number of hydrogen-bond donors (Lipinski definition) is 0. The number of rotatable bonds is 4. The highest BCUT2D eigenvalue weighted by atomic mass is 16.2. The molecule has 5 nitrogen and oxygen atoms in total. The second-order valence-electron chi connectivity index (χ2n) is 5.32. The molecule has 1 aromatic carbocycles. The van der Waals surface area contributed by atoms with Gasteiger partial charge in [0.15, 0.2) is 0 Å². The van der Waals surface area contributed by atoms with E-state index in [4.69, 9.17) is 5.53 Å². The molecule has 0 aliphatic carbocycles. The van der Waals surface area contributed by atoms with Crippen molar-refractivity contribution in [3.05, 3.63) is 40.3 Å². The van der Waals surface area contributed by atoms with Gasteiger partial charge in [0.25, 0.3) is 0 Å². The van der Waals surface area contributed by atoms with Crippen LogP contribution in [0.2, 0.25) is 0 Å². The fourth-order valence-corrected chi connectivity index (χ4v) is 2.71. The molecule has 0 spiro atoms. The van der Waals surface area contributed by atoms with Crippen molar-refractivity contribution in [3.8, 4) is 0 Å². The molecule has 0 saturated carbocycles. The van der Waals surface area contributed by atoms with E-state index in [0.717, 1.165) is 24.9 Å². The average Bonchev–Trinajstić information content (AvgIpc) is 2.47. The van der Waals surface area contributed by atoms with Gasteiger partial charge in [-0.1, -0.05) is 30.2 Å². The summed E-state index contributed by atoms with van der Waals surface area (Å²) in [5, 5.41) is 3.62. The first kappa shape index (κ1) is 14.4. The van der Waals surface area contributed by atoms with Gasteiger partial charge < -0.3 is 4.90 Å². The second-order valence-corrected chi connectivity index (χ2v) is 5.32. The SMILES string of the molecule is CCC(C)N1CCC(c2cccc(N=[N+]=[N-])c2)CC1=O. The molecule has 20 heavy (non-hydrogen) atoms. The summed E-state index contributed by atoms with van der Waals surface area (Å²) in [4.78, 5) is 17.0. The largest absolute Gasteiger partial charge is 0.340 e. The molecule has 0 bridgehead atoms. The fraction of sp³-hybridized carbons (Fsp3) is 0.533. The number of azide groups is 1. The van der Waals surface area contributed by atoms with E-state index in [0.29, 0.717) is 18.2 Å². The molecule has 2 atom stereocenters. The molecule has 2 unspecified atom stereocenters. The first-order chi connectivity index (χ1) is 9.65. The lowest BCUT2D eigenvalue weighted by atomic mass is 9.88. The Morgan fingerprint density at radius 1 is 1.55 bits per heavy atom. The van der Waals surface area contributed by atoms with Crippen LogP contribution in [0, 0.1) is 0 Å². The molecular weight excluding hydrogens is 252 g/mol. The molecule has 0 N–H and O–H groups in total. The van der Waals surface area contributed by atoms with Crippen LogP contribution < -0.4 is 0 Å². The van der Waals surface area contributed by atoms with E-state index >= 15 is 0 Å². The third-order valence-electron chi connectivity index (χ3n) is 4.08. The molecule has 5 heteroatoms. The van der Waals surface area contributed by atoms with Crippen LogP contribution in [0.15, 0.2) is 29.4 Å². The van der Waals surface area contributed by atoms with Crippen molar-refractivity contribution in [1.82, 2.24) is 4.90 Å². The zero-order valence-corrected chi connectivity index (χ0v) is 12.0. The standard InChI is InChI=1S/C15H20N4O/c1-3-11(2)19-8-7-13(10-15(19)20)12-5-4-6-14(9-12)17-18-16/h4-6,9,11,13H,3,7-8,10H2,1-2H3. The summed E-state index contributed by atoms with van der Waals surface area (Å²) in [6.07, 6.45) is 2.50. The predicted octanol–water partition coefficient (Wildman–Crippen LogP) is 4.13. The molecule has 106 valence electrons. The number of likely N-dealkylation sites (tertiary alicyclic amines) is 1. The zero-order valence-electron chi connectivity index (χ0n) is 12.0. The minimum absolute atomic E-state index is 0.227. The Morgan fingerprint density at radius 3 is 3.00 bits per heavy atom. The summed E-state index contributed by atoms with van der Waals surface area (Å²) in [7, 11) is 0. The van der Waals surface area contributed by atoms with Crippen LogP contribution in [0.25, 0.3) is 10.4 Å². The van der Waals surface area contributed by atoms with Crippen LogP contribution in [0.1, 0.15) is 44.6 Å². The average molecular weight is 272 g/mol. The Balaban J connectivity index is 2.11. The lowest BCUT2D eigenvalue weighted by Gasteiger charge is -2.35. The Bertz CT molecular complexity index is 536. The van der Waals surface area contributed by atoms with Gasteiger partial charge in [0.05, 0.1) is 0 Å². The highest BCUT2D eigenvalue weighted by Gasteiger charge is 2.28. The maximum absolute atomic E-state index is 12.2. The summed E-state index contributed by atoms with van der Waals surface area (Å²) in [5.41, 5.74) is 10.2. The Labute approximate surface area is 119 Å². The lowest BCUT2D eigenvalue weighted by molar-refractivity contribution is -0.136. The van der Waals surface area contributed by atoms with Crippen molar-refractivity contribution in [2.24, 2.45) is 5.11 Å². The molecule has 1 aliphatic heterocycles. The molecule has 1 amide bonds. The molecule has 1 fully saturated rings. The number of carbonyl (C=O) groups is 1. The first-order valence-corrected chi connectivity index (χ1v) is 7.10. The van der Waals surface area contributed by atoms with Gasteiger partial charge in [-0.05, 0) is 42.8 Å². The summed E-state index contributed by atoms with van der Waals surface area (Å²) >= 11 is 0. The summed E-state index contributed by atoms with van der Waals surface area (Å²) in [6, 6.07) is 7.87. The highest BCUT2D eigenvalue weighted by Crippen LogP contribution is 2.31. The Morgan fingerprint density at radius 2 is 2.35 bits per heavy atom. The topological polar surface area (TPSA) is 69.1 Å². The van der Waals surface area contributed by atoms with Gasteiger partial charge in [0.2, 0.25) is 5.91 Å². The van der Waals surface area contributed by atoms with Crippen molar-refractivity contribution < 1.29 is 4.79 Å². The molecule has 2 rings (SSSR count). The van der Waals surface area contributed by atoms with Gasteiger partial charge in [-0.15, -0.1) is 0 Å². The van der Waals surface area contributed by atoms with Gasteiger partial charge in [0.1, 0.15) is 0 Å². The van der Waals surface area contributed by atoms with Gasteiger partial charge in [-0.2, -0.15) is 0 Å². The van der Waals surface area contributed by atoms with E-state index in [2.05, 4.69) is 23.9 Å². The molecule has 0 aromatic heterocycles. The van der Waals surface area contributed by atoms with Crippen LogP contribution in [-0.2, 0) is 4.79 Å². The van der Waals surface area contributed by atoms with Crippen LogP contribution in [0.3, 0.4) is 0 Å². The maximum Gasteiger partial charge on any atom is 0.223 e. The van der Waals surface area contributed by atoms with Crippen LogP contribution in [-0.4, -0.2) is 23.4 Å². The Kier molecular flexibility index (Phi) is 4.64. The number of carbonyl (C=O) groups excluding carboxylic acids is 1. The number of hydrogen-bond acceptors (Lipinski definition) is 2. The van der Waals surface area contributed by atoms with Crippen LogP contribution >= 0.6 is 0 Å². The van der Waals surface area contributed by atoms with Crippen molar-refractivity contribution in [3.63, 3.8) is 0 Å². The molecule has 0 radical (unpaired) electrons. The summed E-state index contributed by atoms with van der Waals surface area (Å²) in [5.74, 6) is 0.460. The molecule has 1 saturated heterocycles. The van der Waals surface area contributed by atoms with Crippen molar-refractivity contribution >= 4 is 11.6 Å². The van der Waals surface area contributed by atoms with E-state index in [1.807, 2.05) is 23.1 Å². The third-order valence-corrected chi connectivity index (χ3v) is 4.08. The quantitative estimate of drug-likeness (QED) is 0.461. The zero-order chi connectivity index (χ0) is 14.5. The van der Waals surface area contributed by atoms with Crippen molar-refractivity contribution in [2.45, 2.75) is 45.1 Å². The molecule has 1 aliphatic rings. The molecular formula is C15H20N4O. The van der Waals surface area contributed by atoms with Gasteiger partial charge >= 0.3 is 0 Å². The van der Waals surface area contributed by atoms with E-state index in [-0.39, 0.29) is 11.8 Å². The van der Waals surface area contributed by atoms with E-state index < -0.39 is 0 Å². The molecule has 1 heterocycles. The van der Waals surface area contributed by atoms with E-state index in [9.17, 15) is 4.79 Å². The normalized spacial score (nSPS) is 20.4. The monoisotopic (exact) mass is 272 g/mol. The van der Waals surface area contributed by atoms with Gasteiger partial charge in [-0.3, -0.25) is 4.79 Å². The minimum atomic E-state index is 0.227. The number of piperidine rings is 1. The maximum atomic E-state index is 12.2. The summed E-state index contributed by atoms with van der Waals surface area (Å²) < 4.78 is 0. The highest BCUT2D eigenvalue weighted by molar-refractivity contribution is 5.78. The first-order valence-electron chi connectivity index (χ1n) is 7.10. The summed E-state index contributed by atoms with van der Waals surface area (Å²) in [6.45, 7) is 5.01. The second kappa shape index (κ2) is 6.44. The number of benzene rings is 1. The minimum Gasteiger partial charge on any atom is -0.340 e.